The molecule has 0 unspecified atom stereocenters. The highest BCUT2D eigenvalue weighted by atomic mass is 19.1. The van der Waals surface area contributed by atoms with Gasteiger partial charge in [-0.25, -0.2) is 4.39 Å². The molecule has 25 heavy (non-hydrogen) atoms. The molecule has 6 heteroatoms. The van der Waals surface area contributed by atoms with Gasteiger partial charge in [0.1, 0.15) is 5.82 Å². The van der Waals surface area contributed by atoms with Crippen molar-refractivity contribution in [1.29, 1.82) is 0 Å². The van der Waals surface area contributed by atoms with Gasteiger partial charge in [-0.2, -0.15) is 5.10 Å². The first-order valence-electron chi connectivity index (χ1n) is 8.60. The number of nitrogens with zero attached hydrogens (tertiary/aromatic N) is 2. The predicted molar refractivity (Wildman–Crippen MR) is 93.6 cm³/mol. The number of carbonyl (C=O) groups is 1. The number of aromatic amines is 1. The Balaban J connectivity index is 1.65. The zero-order valence-corrected chi connectivity index (χ0v) is 13.8. The zero-order valence-electron chi connectivity index (χ0n) is 13.8. The van der Waals surface area contributed by atoms with Crippen molar-refractivity contribution in [3.05, 3.63) is 48.2 Å². The number of aromatic nitrogens is 3. The largest absolute Gasteiger partial charge is 0.348 e. The molecule has 1 aromatic carbocycles. The van der Waals surface area contributed by atoms with Gasteiger partial charge in [0.15, 0.2) is 5.69 Å². The highest BCUT2D eigenvalue weighted by molar-refractivity contribution is 6.05. The summed E-state index contributed by atoms with van der Waals surface area (Å²) in [6, 6.07) is 7.21. The molecule has 0 aliphatic heterocycles. The van der Waals surface area contributed by atoms with Crippen molar-refractivity contribution in [3.63, 3.8) is 0 Å². The molecule has 2 N–H and O–H groups in total. The van der Waals surface area contributed by atoms with E-state index in [-0.39, 0.29) is 17.8 Å². The summed E-state index contributed by atoms with van der Waals surface area (Å²) in [5.74, 6) is -0.548. The number of halogens is 1. The number of fused-ring (bicyclic) bond motifs is 1. The Bertz CT molecular complexity index is 915. The summed E-state index contributed by atoms with van der Waals surface area (Å²) in [6.45, 7) is 0. The van der Waals surface area contributed by atoms with Crippen LogP contribution in [0, 0.1) is 5.82 Å². The van der Waals surface area contributed by atoms with Crippen molar-refractivity contribution in [2.45, 2.75) is 38.1 Å². The minimum Gasteiger partial charge on any atom is -0.348 e. The quantitative estimate of drug-likeness (QED) is 0.762. The molecule has 4 rings (SSSR count). The maximum Gasteiger partial charge on any atom is 0.272 e. The van der Waals surface area contributed by atoms with E-state index in [1.165, 1.54) is 18.7 Å². The summed E-state index contributed by atoms with van der Waals surface area (Å²) in [6.07, 6.45) is 8.37. The van der Waals surface area contributed by atoms with Crippen LogP contribution in [0.1, 0.15) is 42.6 Å². The van der Waals surface area contributed by atoms with Gasteiger partial charge < -0.3 is 5.32 Å². The highest BCUT2D eigenvalue weighted by Crippen LogP contribution is 2.26. The lowest BCUT2D eigenvalue weighted by molar-refractivity contribution is 0.0924. The number of hydrogen-bond acceptors (Lipinski definition) is 3. The Kier molecular flexibility index (Phi) is 4.17. The first-order chi connectivity index (χ1) is 12.2. The molecule has 0 bridgehead atoms. The van der Waals surface area contributed by atoms with Gasteiger partial charge in [0.05, 0.1) is 11.7 Å². The number of H-pyrrole nitrogens is 1. The fourth-order valence-corrected chi connectivity index (χ4v) is 3.44. The first kappa shape index (κ1) is 15.7. The van der Waals surface area contributed by atoms with Gasteiger partial charge in [0.2, 0.25) is 0 Å². The second kappa shape index (κ2) is 6.63. The second-order valence-electron chi connectivity index (χ2n) is 6.53. The maximum absolute atomic E-state index is 13.4. The number of benzene rings is 1. The zero-order chi connectivity index (χ0) is 17.2. The summed E-state index contributed by atoms with van der Waals surface area (Å²) in [4.78, 5) is 16.5. The minimum absolute atomic E-state index is 0.160. The molecule has 1 amide bonds. The molecule has 1 saturated carbocycles. The summed E-state index contributed by atoms with van der Waals surface area (Å²) < 4.78 is 13.4. The maximum atomic E-state index is 13.4. The molecule has 2 heterocycles. The van der Waals surface area contributed by atoms with E-state index in [4.69, 9.17) is 0 Å². The number of amides is 1. The lowest BCUT2D eigenvalue weighted by Crippen LogP contribution is -2.36. The van der Waals surface area contributed by atoms with E-state index in [1.807, 2.05) is 18.2 Å². The van der Waals surface area contributed by atoms with Gasteiger partial charge in [0, 0.05) is 23.2 Å². The number of hydrogen-bond donors (Lipinski definition) is 2. The molecule has 5 nitrogen and oxygen atoms in total. The van der Waals surface area contributed by atoms with Crippen LogP contribution in [0.2, 0.25) is 0 Å². The summed E-state index contributed by atoms with van der Waals surface area (Å²) in [7, 11) is 0. The van der Waals surface area contributed by atoms with Crippen molar-refractivity contribution < 1.29 is 9.18 Å². The highest BCUT2D eigenvalue weighted by Gasteiger charge is 2.20. The predicted octanol–water partition coefficient (Wildman–Crippen LogP) is 3.83. The van der Waals surface area contributed by atoms with Gasteiger partial charge in [-0.1, -0.05) is 25.3 Å². The third-order valence-corrected chi connectivity index (χ3v) is 4.76. The fraction of sp³-hybridized carbons (Fsp3) is 0.316. The van der Waals surface area contributed by atoms with Gasteiger partial charge in [-0.3, -0.25) is 14.9 Å². The summed E-state index contributed by atoms with van der Waals surface area (Å²) in [5.41, 5.74) is 2.63. The molecule has 1 aliphatic carbocycles. The van der Waals surface area contributed by atoms with Crippen LogP contribution in [0.4, 0.5) is 4.39 Å². The van der Waals surface area contributed by atoms with Crippen molar-refractivity contribution in [2.75, 3.05) is 0 Å². The molecule has 0 radical (unpaired) electrons. The van der Waals surface area contributed by atoms with Crippen molar-refractivity contribution >= 4 is 16.8 Å². The van der Waals surface area contributed by atoms with E-state index in [9.17, 15) is 9.18 Å². The Morgan fingerprint density at radius 2 is 1.96 bits per heavy atom. The first-order valence-corrected chi connectivity index (χ1v) is 8.60. The molecule has 3 aromatic rings. The number of nitrogens with one attached hydrogen (secondary N) is 2. The molecule has 1 aliphatic rings. The van der Waals surface area contributed by atoms with Crippen LogP contribution < -0.4 is 5.32 Å². The third kappa shape index (κ3) is 3.24. The normalized spacial score (nSPS) is 15.4. The molecule has 128 valence electrons. The third-order valence-electron chi connectivity index (χ3n) is 4.76. The van der Waals surface area contributed by atoms with E-state index in [0.29, 0.717) is 11.3 Å². The van der Waals surface area contributed by atoms with Crippen molar-refractivity contribution in [3.8, 4) is 11.1 Å². The van der Waals surface area contributed by atoms with Crippen LogP contribution >= 0.6 is 0 Å². The Morgan fingerprint density at radius 3 is 2.76 bits per heavy atom. The fourth-order valence-electron chi connectivity index (χ4n) is 3.44. The van der Waals surface area contributed by atoms with Crippen molar-refractivity contribution in [1.82, 2.24) is 20.5 Å². The smallest absolute Gasteiger partial charge is 0.272 e. The Hall–Kier alpha value is -2.76. The Labute approximate surface area is 144 Å². The van der Waals surface area contributed by atoms with Crippen LogP contribution in [0.15, 0.2) is 36.7 Å². The second-order valence-corrected chi connectivity index (χ2v) is 6.53. The van der Waals surface area contributed by atoms with Gasteiger partial charge in [-0.05, 0) is 36.6 Å². The lowest BCUT2D eigenvalue weighted by Gasteiger charge is -2.22. The van der Waals surface area contributed by atoms with Crippen molar-refractivity contribution in [2.24, 2.45) is 0 Å². The average molecular weight is 338 g/mol. The number of pyridine rings is 1. The van der Waals surface area contributed by atoms with E-state index >= 15 is 0 Å². The van der Waals surface area contributed by atoms with E-state index in [2.05, 4.69) is 20.5 Å². The van der Waals surface area contributed by atoms with Gasteiger partial charge in [-0.15, -0.1) is 0 Å². The molecule has 0 atom stereocenters. The number of rotatable bonds is 3. The molecular weight excluding hydrogens is 319 g/mol. The summed E-state index contributed by atoms with van der Waals surface area (Å²) in [5, 5.41) is 10.9. The van der Waals surface area contributed by atoms with Crippen LogP contribution in [0.3, 0.4) is 0 Å². The van der Waals surface area contributed by atoms with Gasteiger partial charge in [0.25, 0.3) is 5.91 Å². The molecule has 2 aromatic heterocycles. The van der Waals surface area contributed by atoms with E-state index < -0.39 is 0 Å². The van der Waals surface area contributed by atoms with Crippen LogP contribution in [0.25, 0.3) is 22.0 Å². The lowest BCUT2D eigenvalue weighted by atomic mass is 9.95. The summed E-state index contributed by atoms with van der Waals surface area (Å²) >= 11 is 0. The topological polar surface area (TPSA) is 70.7 Å². The Morgan fingerprint density at radius 1 is 1.12 bits per heavy atom. The molecular formula is C19H19FN4O. The molecule has 0 spiro atoms. The van der Waals surface area contributed by atoms with Gasteiger partial charge >= 0.3 is 0 Å². The minimum atomic E-state index is -0.389. The van der Waals surface area contributed by atoms with E-state index in [1.54, 1.807) is 6.20 Å². The molecule has 0 saturated heterocycles. The SMILES string of the molecule is O=C(NC1CCCCC1)c1n[nH]c2ccc(-c3cncc(F)c3)cc12. The average Bonchev–Trinajstić information content (AvgIpc) is 3.06. The molecule has 1 fully saturated rings. The van der Waals surface area contributed by atoms with Crippen LogP contribution in [0.5, 0.6) is 0 Å². The monoisotopic (exact) mass is 338 g/mol. The van der Waals surface area contributed by atoms with E-state index in [0.717, 1.165) is 42.1 Å². The standard InChI is InChI=1S/C19H19FN4O/c20-14-8-13(10-21-11-14)12-6-7-17-16(9-12)18(24-23-17)19(25)22-15-4-2-1-3-5-15/h6-11,15H,1-5H2,(H,22,25)(H,23,24). The van der Waals surface area contributed by atoms with Crippen LogP contribution in [-0.4, -0.2) is 27.1 Å². The number of carbonyl (C=O) groups excluding carboxylic acids is 1. The van der Waals surface area contributed by atoms with Crippen LogP contribution in [-0.2, 0) is 0 Å².